The molecular formula is C21H27FN4O2. The van der Waals surface area contributed by atoms with Gasteiger partial charge in [0.2, 0.25) is 5.79 Å². The van der Waals surface area contributed by atoms with Crippen LogP contribution in [0.3, 0.4) is 0 Å². The van der Waals surface area contributed by atoms with Crippen molar-refractivity contribution in [1.29, 1.82) is 0 Å². The monoisotopic (exact) mass is 386 g/mol. The molecule has 1 fully saturated rings. The largest absolute Gasteiger partial charge is 0.461 e. The minimum Gasteiger partial charge on any atom is -0.461 e. The van der Waals surface area contributed by atoms with Crippen LogP contribution in [-0.2, 0) is 17.9 Å². The van der Waals surface area contributed by atoms with Gasteiger partial charge >= 0.3 is 0 Å². The van der Waals surface area contributed by atoms with Crippen molar-refractivity contribution in [3.63, 3.8) is 0 Å². The Morgan fingerprint density at radius 1 is 1.21 bits per heavy atom. The van der Waals surface area contributed by atoms with Gasteiger partial charge in [-0.15, -0.1) is 0 Å². The molecule has 3 heterocycles. The van der Waals surface area contributed by atoms with Crippen LogP contribution in [0.15, 0.2) is 24.4 Å². The fourth-order valence-corrected chi connectivity index (χ4v) is 3.79. The van der Waals surface area contributed by atoms with E-state index in [1.807, 2.05) is 27.0 Å². The SMILES string of the molecule is Cc1ncc(CN2CCN(c3ccc(N)cc3F)CC2)c2c1OC(C)(C)OC2. The van der Waals surface area contributed by atoms with E-state index in [0.29, 0.717) is 18.0 Å². The number of hydrogen-bond donors (Lipinski definition) is 1. The minimum absolute atomic E-state index is 0.262. The second-order valence-electron chi connectivity index (χ2n) is 7.94. The highest BCUT2D eigenvalue weighted by Crippen LogP contribution is 2.35. The molecule has 2 aliphatic rings. The van der Waals surface area contributed by atoms with Crippen LogP contribution in [0, 0.1) is 12.7 Å². The van der Waals surface area contributed by atoms with E-state index >= 15 is 0 Å². The fraction of sp³-hybridized carbons (Fsp3) is 0.476. The average molecular weight is 386 g/mol. The van der Waals surface area contributed by atoms with Crippen LogP contribution in [0.5, 0.6) is 5.75 Å². The molecule has 0 aliphatic carbocycles. The van der Waals surface area contributed by atoms with E-state index in [0.717, 1.165) is 55.3 Å². The number of benzene rings is 1. The van der Waals surface area contributed by atoms with Gasteiger partial charge in [0.15, 0.2) is 0 Å². The zero-order valence-electron chi connectivity index (χ0n) is 16.7. The predicted molar refractivity (Wildman–Crippen MR) is 107 cm³/mol. The van der Waals surface area contributed by atoms with Crippen LogP contribution in [0.1, 0.15) is 30.7 Å². The lowest BCUT2D eigenvalue weighted by atomic mass is 10.1. The van der Waals surface area contributed by atoms with Crippen LogP contribution in [0.2, 0.25) is 0 Å². The number of aryl methyl sites for hydroxylation is 1. The second-order valence-corrected chi connectivity index (χ2v) is 7.94. The smallest absolute Gasteiger partial charge is 0.205 e. The summed E-state index contributed by atoms with van der Waals surface area (Å²) in [5.74, 6) is -0.0502. The number of rotatable bonds is 3. The molecule has 0 radical (unpaired) electrons. The van der Waals surface area contributed by atoms with Gasteiger partial charge in [-0.2, -0.15) is 0 Å². The predicted octanol–water partition coefficient (Wildman–Crippen LogP) is 3.08. The maximum Gasteiger partial charge on any atom is 0.205 e. The van der Waals surface area contributed by atoms with Gasteiger partial charge in [-0.1, -0.05) is 0 Å². The Balaban J connectivity index is 1.44. The van der Waals surface area contributed by atoms with Crippen LogP contribution in [0.25, 0.3) is 0 Å². The zero-order valence-corrected chi connectivity index (χ0v) is 16.7. The van der Waals surface area contributed by atoms with Gasteiger partial charge in [0.05, 0.1) is 18.0 Å². The van der Waals surface area contributed by atoms with E-state index in [9.17, 15) is 4.39 Å². The first kappa shape index (κ1) is 19.0. The van der Waals surface area contributed by atoms with Crippen LogP contribution >= 0.6 is 0 Å². The summed E-state index contributed by atoms with van der Waals surface area (Å²) in [7, 11) is 0. The molecule has 6 nitrogen and oxygen atoms in total. The summed E-state index contributed by atoms with van der Waals surface area (Å²) in [6.45, 7) is 10.3. The Labute approximate surface area is 165 Å². The topological polar surface area (TPSA) is 63.9 Å². The maximum absolute atomic E-state index is 14.2. The number of halogens is 1. The van der Waals surface area contributed by atoms with Crippen molar-refractivity contribution >= 4 is 11.4 Å². The molecule has 2 aromatic rings. The summed E-state index contributed by atoms with van der Waals surface area (Å²) in [4.78, 5) is 8.96. The van der Waals surface area contributed by atoms with Gasteiger partial charge in [0.1, 0.15) is 11.6 Å². The van der Waals surface area contributed by atoms with Gasteiger partial charge in [-0.05, 0) is 30.7 Å². The first-order valence-corrected chi connectivity index (χ1v) is 9.65. The summed E-state index contributed by atoms with van der Waals surface area (Å²) >= 11 is 0. The van der Waals surface area contributed by atoms with Gasteiger partial charge < -0.3 is 20.1 Å². The molecule has 0 spiro atoms. The molecule has 0 atom stereocenters. The van der Waals surface area contributed by atoms with E-state index < -0.39 is 5.79 Å². The van der Waals surface area contributed by atoms with E-state index in [-0.39, 0.29) is 5.82 Å². The Morgan fingerprint density at radius 2 is 1.96 bits per heavy atom. The molecule has 150 valence electrons. The van der Waals surface area contributed by atoms with Crippen molar-refractivity contribution in [2.45, 2.75) is 39.7 Å². The van der Waals surface area contributed by atoms with Crippen molar-refractivity contribution < 1.29 is 13.9 Å². The summed E-state index contributed by atoms with van der Waals surface area (Å²) in [6, 6.07) is 4.89. The quantitative estimate of drug-likeness (QED) is 0.818. The number of nitrogen functional groups attached to an aromatic ring is 1. The number of nitrogens with zero attached hydrogens (tertiary/aromatic N) is 3. The summed E-state index contributed by atoms with van der Waals surface area (Å²) in [6.07, 6.45) is 1.92. The Bertz CT molecular complexity index is 879. The number of anilines is 2. The summed E-state index contributed by atoms with van der Waals surface area (Å²) in [5.41, 5.74) is 9.82. The van der Waals surface area contributed by atoms with E-state index in [2.05, 4.69) is 14.8 Å². The third kappa shape index (κ3) is 3.77. The van der Waals surface area contributed by atoms with Crippen molar-refractivity contribution in [1.82, 2.24) is 9.88 Å². The highest BCUT2D eigenvalue weighted by molar-refractivity contribution is 5.54. The molecule has 0 saturated carbocycles. The van der Waals surface area contributed by atoms with E-state index in [1.54, 1.807) is 12.1 Å². The standard InChI is InChI=1S/C21H27FN4O2/c1-14-20-17(13-27-21(2,3)28-20)15(11-24-14)12-25-6-8-26(9-7-25)19-5-4-16(23)10-18(19)22/h4-5,10-11H,6-9,12-13,23H2,1-3H3. The third-order valence-electron chi connectivity index (χ3n) is 5.39. The minimum atomic E-state index is -0.632. The Kier molecular flexibility index (Phi) is 4.89. The first-order chi connectivity index (χ1) is 13.3. The van der Waals surface area contributed by atoms with Crippen LogP contribution in [-0.4, -0.2) is 41.9 Å². The number of pyridine rings is 1. The maximum atomic E-state index is 14.2. The molecule has 7 heteroatoms. The van der Waals surface area contributed by atoms with Gasteiger partial charge in [0.25, 0.3) is 0 Å². The molecular weight excluding hydrogens is 359 g/mol. The van der Waals surface area contributed by atoms with Crippen molar-refractivity contribution in [3.8, 4) is 5.75 Å². The molecule has 4 rings (SSSR count). The molecule has 1 saturated heterocycles. The average Bonchev–Trinajstić information content (AvgIpc) is 2.64. The fourth-order valence-electron chi connectivity index (χ4n) is 3.79. The number of aromatic nitrogens is 1. The molecule has 0 unspecified atom stereocenters. The van der Waals surface area contributed by atoms with Gasteiger partial charge in [-0.25, -0.2) is 4.39 Å². The molecule has 2 aliphatic heterocycles. The second kappa shape index (κ2) is 7.22. The molecule has 0 amide bonds. The first-order valence-electron chi connectivity index (χ1n) is 9.65. The van der Waals surface area contributed by atoms with Crippen molar-refractivity contribution in [2.24, 2.45) is 0 Å². The number of hydrogen-bond acceptors (Lipinski definition) is 6. The lowest BCUT2D eigenvalue weighted by molar-refractivity contribution is -0.180. The summed E-state index contributed by atoms with van der Waals surface area (Å²) < 4.78 is 26.1. The molecule has 28 heavy (non-hydrogen) atoms. The number of ether oxygens (including phenoxy) is 2. The lowest BCUT2D eigenvalue weighted by Gasteiger charge is -2.37. The van der Waals surface area contributed by atoms with Crippen LogP contribution in [0.4, 0.5) is 15.8 Å². The Morgan fingerprint density at radius 3 is 2.68 bits per heavy atom. The van der Waals surface area contributed by atoms with E-state index in [4.69, 9.17) is 15.2 Å². The van der Waals surface area contributed by atoms with Crippen molar-refractivity contribution in [3.05, 3.63) is 47.0 Å². The molecule has 2 N–H and O–H groups in total. The number of nitrogens with two attached hydrogens (primary N) is 1. The third-order valence-corrected chi connectivity index (χ3v) is 5.39. The molecule has 1 aromatic carbocycles. The normalized spacial score (nSPS) is 19.2. The highest BCUT2D eigenvalue weighted by atomic mass is 19.1. The molecule has 0 bridgehead atoms. The van der Waals surface area contributed by atoms with Gasteiger partial charge in [0, 0.05) is 64.0 Å². The number of piperazine rings is 1. The molecule has 1 aromatic heterocycles. The summed E-state index contributed by atoms with van der Waals surface area (Å²) in [5, 5.41) is 0. The van der Waals surface area contributed by atoms with Crippen molar-refractivity contribution in [2.75, 3.05) is 36.8 Å². The highest BCUT2D eigenvalue weighted by Gasteiger charge is 2.31. The van der Waals surface area contributed by atoms with Gasteiger partial charge in [-0.3, -0.25) is 9.88 Å². The number of fused-ring (bicyclic) bond motifs is 1. The zero-order chi connectivity index (χ0) is 19.9. The lowest BCUT2D eigenvalue weighted by Crippen LogP contribution is -2.46. The Hall–Kier alpha value is -2.38. The van der Waals surface area contributed by atoms with E-state index in [1.165, 1.54) is 6.07 Å². The van der Waals surface area contributed by atoms with Crippen LogP contribution < -0.4 is 15.4 Å².